The standard InChI is InChI=1S/C26H22FN3O3S/c1-16-6-3-4-9-21(16)28-22(31)14-29-24-17(2)7-5-8-20(24)26(25(29)33)30(23(32)15-34-26)19-12-10-18(27)11-13-19/h3-13H,14-15H2,1-2H3,(H,28,31). The van der Waals surface area contributed by atoms with Gasteiger partial charge in [0.15, 0.2) is 0 Å². The van der Waals surface area contributed by atoms with Gasteiger partial charge in [0.25, 0.3) is 5.91 Å². The molecule has 1 spiro atoms. The van der Waals surface area contributed by atoms with Crippen molar-refractivity contribution in [3.63, 3.8) is 0 Å². The van der Waals surface area contributed by atoms with E-state index in [1.807, 2.05) is 56.3 Å². The van der Waals surface area contributed by atoms with Gasteiger partial charge in [0.2, 0.25) is 16.7 Å². The third kappa shape index (κ3) is 3.37. The number of aryl methyl sites for hydroxylation is 2. The molecule has 0 aromatic heterocycles. The van der Waals surface area contributed by atoms with Gasteiger partial charge in [-0.15, -0.1) is 11.8 Å². The van der Waals surface area contributed by atoms with Gasteiger partial charge in [-0.3, -0.25) is 24.2 Å². The monoisotopic (exact) mass is 475 g/mol. The Hall–Kier alpha value is -3.65. The Morgan fingerprint density at radius 2 is 1.71 bits per heavy atom. The van der Waals surface area contributed by atoms with Crippen molar-refractivity contribution in [2.24, 2.45) is 0 Å². The van der Waals surface area contributed by atoms with Crippen molar-refractivity contribution in [2.45, 2.75) is 18.7 Å². The van der Waals surface area contributed by atoms with E-state index in [0.717, 1.165) is 11.1 Å². The van der Waals surface area contributed by atoms with E-state index >= 15 is 0 Å². The summed E-state index contributed by atoms with van der Waals surface area (Å²) in [6, 6.07) is 18.5. The fraction of sp³-hybridized carbons (Fsp3) is 0.192. The van der Waals surface area contributed by atoms with Crippen LogP contribution in [0.5, 0.6) is 0 Å². The lowest BCUT2D eigenvalue weighted by atomic mass is 10.0. The second kappa shape index (κ2) is 8.29. The quantitative estimate of drug-likeness (QED) is 0.609. The number of fused-ring (bicyclic) bond motifs is 2. The van der Waals surface area contributed by atoms with E-state index in [-0.39, 0.29) is 30.0 Å². The van der Waals surface area contributed by atoms with Gasteiger partial charge < -0.3 is 5.32 Å². The zero-order chi connectivity index (χ0) is 24.0. The van der Waals surface area contributed by atoms with Gasteiger partial charge in [0.1, 0.15) is 12.4 Å². The molecule has 0 saturated carbocycles. The number of hydrogen-bond acceptors (Lipinski definition) is 4. The first kappa shape index (κ1) is 22.2. The summed E-state index contributed by atoms with van der Waals surface area (Å²) in [4.78, 5) is 41.6. The van der Waals surface area contributed by atoms with E-state index in [2.05, 4.69) is 5.32 Å². The topological polar surface area (TPSA) is 69.7 Å². The molecule has 8 heteroatoms. The molecule has 5 rings (SSSR count). The van der Waals surface area contributed by atoms with Gasteiger partial charge >= 0.3 is 0 Å². The molecule has 3 amide bonds. The van der Waals surface area contributed by atoms with Crippen molar-refractivity contribution in [3.8, 4) is 0 Å². The molecule has 3 aromatic rings. The lowest BCUT2D eigenvalue weighted by Gasteiger charge is -2.33. The number of halogens is 1. The van der Waals surface area contributed by atoms with Crippen LogP contribution < -0.4 is 15.1 Å². The van der Waals surface area contributed by atoms with Crippen LogP contribution in [0, 0.1) is 19.7 Å². The van der Waals surface area contributed by atoms with Crippen molar-refractivity contribution in [3.05, 3.63) is 89.2 Å². The minimum absolute atomic E-state index is 0.0970. The summed E-state index contributed by atoms with van der Waals surface area (Å²) in [5.41, 5.74) is 4.13. The maximum Gasteiger partial charge on any atom is 0.269 e. The minimum Gasteiger partial charge on any atom is -0.324 e. The Labute approximate surface area is 200 Å². The number of amides is 3. The molecule has 2 aliphatic heterocycles. The van der Waals surface area contributed by atoms with Gasteiger partial charge in [-0.1, -0.05) is 36.4 Å². The second-order valence-corrected chi connectivity index (χ2v) is 9.53. The maximum atomic E-state index is 14.0. The smallest absolute Gasteiger partial charge is 0.269 e. The SMILES string of the molecule is Cc1ccccc1NC(=O)CN1C(=O)C2(SCC(=O)N2c2ccc(F)cc2)c2cccc(C)c21. The summed E-state index contributed by atoms with van der Waals surface area (Å²) < 4.78 is 13.6. The van der Waals surface area contributed by atoms with E-state index in [4.69, 9.17) is 0 Å². The Kier molecular flexibility index (Phi) is 5.40. The summed E-state index contributed by atoms with van der Waals surface area (Å²) >= 11 is 1.22. The number of anilines is 3. The van der Waals surface area contributed by atoms with Crippen LogP contribution >= 0.6 is 11.8 Å². The van der Waals surface area contributed by atoms with Crippen LogP contribution in [0.2, 0.25) is 0 Å². The molecule has 1 saturated heterocycles. The fourth-order valence-electron chi connectivity index (χ4n) is 4.63. The molecule has 6 nitrogen and oxygen atoms in total. The third-order valence-electron chi connectivity index (χ3n) is 6.18. The van der Waals surface area contributed by atoms with E-state index in [0.29, 0.717) is 22.6 Å². The molecule has 1 fully saturated rings. The number of benzene rings is 3. The van der Waals surface area contributed by atoms with E-state index in [1.54, 1.807) is 0 Å². The highest BCUT2D eigenvalue weighted by Crippen LogP contribution is 2.56. The highest BCUT2D eigenvalue weighted by molar-refractivity contribution is 8.02. The first-order valence-electron chi connectivity index (χ1n) is 10.8. The average Bonchev–Trinajstić information content (AvgIpc) is 3.28. The Morgan fingerprint density at radius 3 is 2.44 bits per heavy atom. The van der Waals surface area contributed by atoms with Gasteiger partial charge in [0.05, 0.1) is 11.4 Å². The van der Waals surface area contributed by atoms with Crippen molar-refractivity contribution in [1.82, 2.24) is 0 Å². The van der Waals surface area contributed by atoms with Crippen LogP contribution in [0.3, 0.4) is 0 Å². The molecule has 2 heterocycles. The predicted octanol–water partition coefficient (Wildman–Crippen LogP) is 4.36. The summed E-state index contributed by atoms with van der Waals surface area (Å²) in [5.74, 6) is -1.28. The summed E-state index contributed by atoms with van der Waals surface area (Å²) in [6.45, 7) is 3.58. The Morgan fingerprint density at radius 1 is 1.00 bits per heavy atom. The molecule has 172 valence electrons. The number of carbonyl (C=O) groups excluding carboxylic acids is 3. The number of carbonyl (C=O) groups is 3. The predicted molar refractivity (Wildman–Crippen MR) is 131 cm³/mol. The van der Waals surface area contributed by atoms with Crippen LogP contribution in [0.25, 0.3) is 0 Å². The zero-order valence-corrected chi connectivity index (χ0v) is 19.5. The van der Waals surface area contributed by atoms with Crippen molar-refractivity contribution in [2.75, 3.05) is 27.4 Å². The summed E-state index contributed by atoms with van der Waals surface area (Å²) in [6.07, 6.45) is 0. The number of nitrogens with zero attached hydrogens (tertiary/aromatic N) is 2. The number of nitrogens with one attached hydrogen (secondary N) is 1. The van der Waals surface area contributed by atoms with Gasteiger partial charge in [-0.25, -0.2) is 4.39 Å². The van der Waals surface area contributed by atoms with Crippen LogP contribution in [0.1, 0.15) is 16.7 Å². The number of hydrogen-bond donors (Lipinski definition) is 1. The van der Waals surface area contributed by atoms with Crippen LogP contribution in [0.4, 0.5) is 21.5 Å². The molecule has 0 aliphatic carbocycles. The second-order valence-electron chi connectivity index (χ2n) is 8.36. The van der Waals surface area contributed by atoms with Gasteiger partial charge in [0, 0.05) is 16.9 Å². The molecule has 34 heavy (non-hydrogen) atoms. The average molecular weight is 476 g/mol. The molecular formula is C26H22FN3O3S. The molecule has 3 aromatic carbocycles. The zero-order valence-electron chi connectivity index (χ0n) is 18.7. The van der Waals surface area contributed by atoms with E-state index in [9.17, 15) is 18.8 Å². The number of para-hydroxylation sites is 2. The number of rotatable bonds is 4. The highest BCUT2D eigenvalue weighted by atomic mass is 32.2. The normalized spacial score (nSPS) is 19.1. The molecule has 1 N–H and O–H groups in total. The molecule has 1 atom stereocenters. The van der Waals surface area contributed by atoms with Crippen molar-refractivity contribution in [1.29, 1.82) is 0 Å². The van der Waals surface area contributed by atoms with E-state index in [1.165, 1.54) is 45.8 Å². The van der Waals surface area contributed by atoms with Gasteiger partial charge in [-0.2, -0.15) is 0 Å². The Bertz CT molecular complexity index is 1330. The minimum atomic E-state index is -1.35. The first-order valence-corrected chi connectivity index (χ1v) is 11.8. The van der Waals surface area contributed by atoms with Crippen LogP contribution in [-0.2, 0) is 19.3 Å². The summed E-state index contributed by atoms with van der Waals surface area (Å²) in [7, 11) is 0. The molecule has 0 radical (unpaired) electrons. The number of thioether (sulfide) groups is 1. The fourth-order valence-corrected chi connectivity index (χ4v) is 5.98. The molecule has 0 bridgehead atoms. The maximum absolute atomic E-state index is 14.0. The third-order valence-corrected chi connectivity index (χ3v) is 7.57. The first-order chi connectivity index (χ1) is 16.3. The lowest BCUT2D eigenvalue weighted by Crippen LogP contribution is -2.50. The summed E-state index contributed by atoms with van der Waals surface area (Å²) in [5, 5.41) is 2.88. The van der Waals surface area contributed by atoms with E-state index < -0.39 is 10.7 Å². The van der Waals surface area contributed by atoms with Crippen LogP contribution in [-0.4, -0.2) is 30.0 Å². The Balaban J connectivity index is 1.56. The van der Waals surface area contributed by atoms with Crippen molar-refractivity contribution < 1.29 is 18.8 Å². The highest BCUT2D eigenvalue weighted by Gasteiger charge is 2.61. The molecule has 1 unspecified atom stereocenters. The van der Waals surface area contributed by atoms with Crippen LogP contribution in [0.15, 0.2) is 66.7 Å². The molecular weight excluding hydrogens is 453 g/mol. The largest absolute Gasteiger partial charge is 0.324 e. The lowest BCUT2D eigenvalue weighted by molar-refractivity contribution is -0.124. The van der Waals surface area contributed by atoms with Gasteiger partial charge in [-0.05, 0) is 55.3 Å². The molecule has 2 aliphatic rings. The van der Waals surface area contributed by atoms with Crippen molar-refractivity contribution >= 4 is 46.5 Å².